The van der Waals surface area contributed by atoms with E-state index in [1.807, 2.05) is 37.4 Å². The van der Waals surface area contributed by atoms with E-state index in [0.29, 0.717) is 17.9 Å². The molecule has 0 radical (unpaired) electrons. The van der Waals surface area contributed by atoms with Gasteiger partial charge in [-0.25, -0.2) is 4.98 Å². The number of nitrogens with zero attached hydrogens (tertiary/aromatic N) is 5. The summed E-state index contributed by atoms with van der Waals surface area (Å²) in [5.74, 6) is 0.664. The van der Waals surface area contributed by atoms with Crippen molar-refractivity contribution in [2.75, 3.05) is 5.32 Å². The molecule has 0 atom stereocenters. The Kier molecular flexibility index (Phi) is 6.09. The van der Waals surface area contributed by atoms with Crippen molar-refractivity contribution in [3.8, 4) is 33.9 Å². The molecular weight excluding hydrogens is 476 g/mol. The number of aryl methyl sites for hydroxylation is 1. The van der Waals surface area contributed by atoms with Gasteiger partial charge in [-0.2, -0.15) is 5.10 Å². The van der Waals surface area contributed by atoms with Crippen LogP contribution in [0.1, 0.15) is 32.3 Å². The monoisotopic (exact) mass is 502 g/mol. The second-order valence-corrected chi connectivity index (χ2v) is 9.13. The first-order valence-corrected chi connectivity index (χ1v) is 12.7. The highest BCUT2D eigenvalue weighted by atomic mass is 16.1. The van der Waals surface area contributed by atoms with E-state index in [-0.39, 0.29) is 5.91 Å². The Morgan fingerprint density at radius 2 is 1.84 bits per heavy atom. The fourth-order valence-corrected chi connectivity index (χ4v) is 4.69. The van der Waals surface area contributed by atoms with Crippen LogP contribution in [0, 0.1) is 0 Å². The topological polar surface area (TPSA) is 125 Å². The lowest BCUT2D eigenvalue weighted by molar-refractivity contribution is -0.116. The molecule has 0 fully saturated rings. The molecule has 0 saturated carbocycles. The number of hydrogen-bond donors (Lipinski definition) is 3. The number of hydrogen-bond acceptors (Lipinski definition) is 6. The molecule has 188 valence electrons. The number of aromatic amines is 2. The number of carbonyl (C=O) groups excluding carboxylic acids is 1. The Balaban J connectivity index is 1.45. The fraction of sp³-hybridized carbons (Fsp3) is 0.172. The summed E-state index contributed by atoms with van der Waals surface area (Å²) in [5.41, 5.74) is 8.70. The average molecular weight is 503 g/mol. The van der Waals surface area contributed by atoms with Gasteiger partial charge in [-0.15, -0.1) is 0 Å². The van der Waals surface area contributed by atoms with Crippen molar-refractivity contribution in [2.45, 2.75) is 33.1 Å². The molecule has 5 aromatic heterocycles. The van der Waals surface area contributed by atoms with Crippen LogP contribution >= 0.6 is 0 Å². The van der Waals surface area contributed by atoms with Gasteiger partial charge in [0.25, 0.3) is 0 Å². The van der Waals surface area contributed by atoms with Crippen LogP contribution in [-0.4, -0.2) is 41.0 Å². The lowest BCUT2D eigenvalue weighted by atomic mass is 9.99. The van der Waals surface area contributed by atoms with Crippen molar-refractivity contribution in [3.63, 3.8) is 0 Å². The SMILES string of the molecule is CCCC(=O)Nc1cncc(-c2cc(CC)c3n[nH]c(-c4nc5c(-c6cccnc6)nccc5[nH]4)c3c2)c1. The van der Waals surface area contributed by atoms with Gasteiger partial charge in [0, 0.05) is 47.7 Å². The zero-order valence-corrected chi connectivity index (χ0v) is 21.1. The number of carbonyl (C=O) groups is 1. The molecule has 6 aromatic rings. The van der Waals surface area contributed by atoms with Gasteiger partial charge in [0.2, 0.25) is 5.91 Å². The highest BCUT2D eigenvalue weighted by molar-refractivity contribution is 5.99. The maximum Gasteiger partial charge on any atom is 0.224 e. The van der Waals surface area contributed by atoms with Gasteiger partial charge >= 0.3 is 0 Å². The molecule has 9 nitrogen and oxygen atoms in total. The smallest absolute Gasteiger partial charge is 0.224 e. The van der Waals surface area contributed by atoms with Crippen molar-refractivity contribution in [1.29, 1.82) is 0 Å². The van der Waals surface area contributed by atoms with Crippen molar-refractivity contribution in [2.24, 2.45) is 0 Å². The van der Waals surface area contributed by atoms with Gasteiger partial charge in [0.05, 0.1) is 28.6 Å². The van der Waals surface area contributed by atoms with Gasteiger partial charge in [-0.3, -0.25) is 24.8 Å². The number of aromatic nitrogens is 7. The van der Waals surface area contributed by atoms with E-state index in [9.17, 15) is 4.79 Å². The number of amides is 1. The van der Waals surface area contributed by atoms with Crippen molar-refractivity contribution >= 4 is 33.5 Å². The van der Waals surface area contributed by atoms with E-state index in [1.54, 1.807) is 24.8 Å². The molecule has 0 aliphatic heterocycles. The highest BCUT2D eigenvalue weighted by Crippen LogP contribution is 2.34. The summed E-state index contributed by atoms with van der Waals surface area (Å²) in [6.45, 7) is 4.09. The third-order valence-corrected chi connectivity index (χ3v) is 6.52. The van der Waals surface area contributed by atoms with Crippen LogP contribution in [0.15, 0.2) is 67.4 Å². The quantitative estimate of drug-likeness (QED) is 0.249. The van der Waals surface area contributed by atoms with E-state index in [1.165, 1.54) is 0 Å². The largest absolute Gasteiger partial charge is 0.337 e. The normalized spacial score (nSPS) is 11.3. The Morgan fingerprint density at radius 3 is 2.66 bits per heavy atom. The maximum atomic E-state index is 12.1. The second-order valence-electron chi connectivity index (χ2n) is 9.13. The number of H-pyrrole nitrogens is 2. The van der Waals surface area contributed by atoms with E-state index >= 15 is 0 Å². The van der Waals surface area contributed by atoms with Gasteiger partial charge in [0.1, 0.15) is 11.2 Å². The molecule has 3 N–H and O–H groups in total. The Bertz CT molecular complexity index is 1770. The first kappa shape index (κ1) is 23.5. The summed E-state index contributed by atoms with van der Waals surface area (Å²) in [5, 5.41) is 11.7. The Labute approximate surface area is 218 Å². The molecule has 6 rings (SSSR count). The maximum absolute atomic E-state index is 12.1. The third kappa shape index (κ3) is 4.28. The van der Waals surface area contributed by atoms with Crippen LogP contribution in [0.2, 0.25) is 0 Å². The number of nitrogens with one attached hydrogen (secondary N) is 3. The Morgan fingerprint density at radius 1 is 0.947 bits per heavy atom. The average Bonchev–Trinajstić information content (AvgIpc) is 3.57. The predicted octanol–water partition coefficient (Wildman–Crippen LogP) is 5.93. The fourth-order valence-electron chi connectivity index (χ4n) is 4.69. The molecule has 0 aliphatic carbocycles. The molecule has 1 aromatic carbocycles. The van der Waals surface area contributed by atoms with Crippen LogP contribution in [-0.2, 0) is 11.2 Å². The number of imidazole rings is 1. The third-order valence-electron chi connectivity index (χ3n) is 6.52. The van der Waals surface area contributed by atoms with Crippen molar-refractivity contribution < 1.29 is 4.79 Å². The van der Waals surface area contributed by atoms with Gasteiger partial charge in [-0.05, 0) is 60.4 Å². The molecule has 38 heavy (non-hydrogen) atoms. The van der Waals surface area contributed by atoms with E-state index < -0.39 is 0 Å². The van der Waals surface area contributed by atoms with Gasteiger partial charge in [-0.1, -0.05) is 13.8 Å². The minimum absolute atomic E-state index is 0.0155. The predicted molar refractivity (Wildman–Crippen MR) is 148 cm³/mol. The second kappa shape index (κ2) is 9.85. The standard InChI is InChI=1S/C29H26N8O/c1-3-6-24(38)33-21-12-20(15-31-16-21)19-11-17(4-2)25-22(13-19)27(37-36-25)29-34-23-8-10-32-26(28(23)35-29)18-7-5-9-30-14-18/h5,7-16H,3-4,6H2,1-2H3,(H,33,38)(H,34,35)(H,36,37). The first-order valence-electron chi connectivity index (χ1n) is 12.7. The zero-order chi connectivity index (χ0) is 26.1. The Hall–Kier alpha value is -4.92. The first-order chi connectivity index (χ1) is 18.6. The molecule has 0 spiro atoms. The molecule has 9 heteroatoms. The summed E-state index contributed by atoms with van der Waals surface area (Å²) in [6, 6.07) is 11.9. The number of pyridine rings is 3. The minimum atomic E-state index is -0.0155. The molecule has 0 bridgehead atoms. The van der Waals surface area contributed by atoms with Crippen LogP contribution in [0.3, 0.4) is 0 Å². The van der Waals surface area contributed by atoms with Gasteiger partial charge in [0.15, 0.2) is 5.82 Å². The molecule has 0 unspecified atom stereocenters. The highest BCUT2D eigenvalue weighted by Gasteiger charge is 2.18. The number of fused-ring (bicyclic) bond motifs is 2. The van der Waals surface area contributed by atoms with Crippen LogP contribution in [0.5, 0.6) is 0 Å². The summed E-state index contributed by atoms with van der Waals surface area (Å²) < 4.78 is 0. The molecule has 0 aliphatic rings. The lowest BCUT2D eigenvalue weighted by Crippen LogP contribution is -2.10. The molecule has 1 amide bonds. The zero-order valence-electron chi connectivity index (χ0n) is 21.1. The van der Waals surface area contributed by atoms with E-state index in [4.69, 9.17) is 4.98 Å². The molecule has 5 heterocycles. The van der Waals surface area contributed by atoms with Crippen molar-refractivity contribution in [1.82, 2.24) is 35.1 Å². The van der Waals surface area contributed by atoms with E-state index in [2.05, 4.69) is 54.5 Å². The van der Waals surface area contributed by atoms with Crippen LogP contribution in [0.4, 0.5) is 5.69 Å². The molecular formula is C29H26N8O. The van der Waals surface area contributed by atoms with Crippen molar-refractivity contribution in [3.05, 3.63) is 72.9 Å². The summed E-state index contributed by atoms with van der Waals surface area (Å²) in [4.78, 5) is 33.7. The number of rotatable bonds is 7. The summed E-state index contributed by atoms with van der Waals surface area (Å²) >= 11 is 0. The van der Waals surface area contributed by atoms with Gasteiger partial charge < -0.3 is 10.3 Å². The number of benzene rings is 1. The number of anilines is 1. The summed E-state index contributed by atoms with van der Waals surface area (Å²) in [7, 11) is 0. The van der Waals surface area contributed by atoms with Crippen LogP contribution < -0.4 is 5.32 Å². The van der Waals surface area contributed by atoms with E-state index in [0.717, 1.165) is 68.4 Å². The summed E-state index contributed by atoms with van der Waals surface area (Å²) in [6.07, 6.45) is 10.8. The minimum Gasteiger partial charge on any atom is -0.337 e. The lowest BCUT2D eigenvalue weighted by Gasteiger charge is -2.09. The van der Waals surface area contributed by atoms with Crippen LogP contribution in [0.25, 0.3) is 55.8 Å². The molecule has 0 saturated heterocycles.